The van der Waals surface area contributed by atoms with E-state index < -0.39 is 0 Å². The Morgan fingerprint density at radius 2 is 1.68 bits per heavy atom. The first-order valence-electron chi connectivity index (χ1n) is 6.97. The average Bonchev–Trinajstić information content (AvgIpc) is 2.42. The third kappa shape index (κ3) is 3.35. The molecule has 0 N–H and O–H groups in total. The molecule has 0 saturated carbocycles. The SMILES string of the molecule is CO[C@H]1[C@H](OCc2ccccc2)[C@@H](C)C(C)O[C@@H]1C. The lowest BCUT2D eigenvalue weighted by molar-refractivity contribution is -0.212. The van der Waals surface area contributed by atoms with E-state index in [4.69, 9.17) is 14.2 Å². The summed E-state index contributed by atoms with van der Waals surface area (Å²) in [5.74, 6) is 0.324. The zero-order valence-corrected chi connectivity index (χ0v) is 12.2. The number of rotatable bonds is 4. The summed E-state index contributed by atoms with van der Waals surface area (Å²) in [5.41, 5.74) is 1.19. The first kappa shape index (κ1) is 14.5. The van der Waals surface area contributed by atoms with E-state index in [1.807, 2.05) is 18.2 Å². The van der Waals surface area contributed by atoms with E-state index in [0.717, 1.165) is 0 Å². The van der Waals surface area contributed by atoms with Gasteiger partial charge in [-0.25, -0.2) is 0 Å². The lowest BCUT2D eigenvalue weighted by atomic mass is 9.89. The summed E-state index contributed by atoms with van der Waals surface area (Å²) in [6, 6.07) is 10.2. The highest BCUT2D eigenvalue weighted by Gasteiger charge is 2.41. The van der Waals surface area contributed by atoms with Crippen molar-refractivity contribution >= 4 is 0 Å². The lowest BCUT2D eigenvalue weighted by Crippen LogP contribution is -2.53. The van der Waals surface area contributed by atoms with E-state index in [0.29, 0.717) is 12.5 Å². The van der Waals surface area contributed by atoms with Gasteiger partial charge in [-0.2, -0.15) is 0 Å². The Morgan fingerprint density at radius 1 is 1.00 bits per heavy atom. The maximum atomic E-state index is 6.12. The largest absolute Gasteiger partial charge is 0.376 e. The monoisotopic (exact) mass is 264 g/mol. The van der Waals surface area contributed by atoms with Crippen LogP contribution in [0.1, 0.15) is 26.3 Å². The number of hydrogen-bond donors (Lipinski definition) is 0. The molecule has 1 aliphatic rings. The molecule has 19 heavy (non-hydrogen) atoms. The van der Waals surface area contributed by atoms with Crippen molar-refractivity contribution in [3.05, 3.63) is 35.9 Å². The van der Waals surface area contributed by atoms with Gasteiger partial charge in [-0.15, -0.1) is 0 Å². The van der Waals surface area contributed by atoms with Crippen LogP contribution in [0.25, 0.3) is 0 Å². The van der Waals surface area contributed by atoms with Crippen molar-refractivity contribution in [2.75, 3.05) is 7.11 Å². The quantitative estimate of drug-likeness (QED) is 0.836. The van der Waals surface area contributed by atoms with Crippen molar-refractivity contribution in [3.63, 3.8) is 0 Å². The first-order chi connectivity index (χ1) is 9.13. The van der Waals surface area contributed by atoms with Gasteiger partial charge in [-0.3, -0.25) is 0 Å². The first-order valence-corrected chi connectivity index (χ1v) is 6.97. The molecule has 106 valence electrons. The van der Waals surface area contributed by atoms with Gasteiger partial charge < -0.3 is 14.2 Å². The molecule has 1 heterocycles. The minimum atomic E-state index is -0.00471. The van der Waals surface area contributed by atoms with E-state index >= 15 is 0 Å². The normalized spacial score (nSPS) is 35.3. The zero-order valence-electron chi connectivity index (χ0n) is 12.2. The molecule has 1 fully saturated rings. The summed E-state index contributed by atoms with van der Waals surface area (Å²) in [5, 5.41) is 0. The Kier molecular flexibility index (Phi) is 4.97. The van der Waals surface area contributed by atoms with E-state index in [1.54, 1.807) is 7.11 Å². The molecule has 0 radical (unpaired) electrons. The molecule has 5 atom stereocenters. The molecule has 3 nitrogen and oxygen atoms in total. The third-order valence-corrected chi connectivity index (χ3v) is 4.03. The topological polar surface area (TPSA) is 27.7 Å². The summed E-state index contributed by atoms with van der Waals surface area (Å²) in [7, 11) is 1.73. The van der Waals surface area contributed by atoms with Gasteiger partial charge in [0.05, 0.1) is 24.9 Å². The van der Waals surface area contributed by atoms with Crippen molar-refractivity contribution in [2.24, 2.45) is 5.92 Å². The molecule has 0 bridgehead atoms. The molecule has 0 aliphatic carbocycles. The molecular formula is C16H24O3. The summed E-state index contributed by atoms with van der Waals surface area (Å²) in [6.45, 7) is 6.94. The second-order valence-electron chi connectivity index (χ2n) is 5.37. The molecular weight excluding hydrogens is 240 g/mol. The van der Waals surface area contributed by atoms with Crippen LogP contribution < -0.4 is 0 Å². The second-order valence-corrected chi connectivity index (χ2v) is 5.37. The van der Waals surface area contributed by atoms with E-state index in [1.165, 1.54) is 5.56 Å². The molecule has 3 heteroatoms. The number of hydrogen-bond acceptors (Lipinski definition) is 3. The van der Waals surface area contributed by atoms with Crippen LogP contribution in [0.3, 0.4) is 0 Å². The number of benzene rings is 1. The molecule has 1 aliphatic heterocycles. The van der Waals surface area contributed by atoms with Crippen LogP contribution in [0.4, 0.5) is 0 Å². The van der Waals surface area contributed by atoms with Crippen LogP contribution >= 0.6 is 0 Å². The Morgan fingerprint density at radius 3 is 2.32 bits per heavy atom. The van der Waals surface area contributed by atoms with Gasteiger partial charge in [0.15, 0.2) is 0 Å². The molecule has 0 aromatic heterocycles. The minimum Gasteiger partial charge on any atom is -0.376 e. The van der Waals surface area contributed by atoms with Crippen LogP contribution in [0, 0.1) is 5.92 Å². The molecule has 0 spiro atoms. The van der Waals surface area contributed by atoms with Crippen molar-refractivity contribution in [3.8, 4) is 0 Å². The molecule has 1 aromatic carbocycles. The van der Waals surface area contributed by atoms with Gasteiger partial charge in [0, 0.05) is 13.0 Å². The van der Waals surface area contributed by atoms with Gasteiger partial charge in [0.25, 0.3) is 0 Å². The van der Waals surface area contributed by atoms with Gasteiger partial charge in [0.2, 0.25) is 0 Å². The highest BCUT2D eigenvalue weighted by Crippen LogP contribution is 2.30. The standard InChI is InChI=1S/C16H24O3/c1-11-12(2)19-13(3)16(17-4)15(11)18-10-14-8-6-5-7-9-14/h5-9,11-13,15-16H,10H2,1-4H3/t11-,12?,13+,15+,16+/m0/s1. The van der Waals surface area contributed by atoms with Gasteiger partial charge in [-0.05, 0) is 19.4 Å². The van der Waals surface area contributed by atoms with Gasteiger partial charge >= 0.3 is 0 Å². The predicted octanol–water partition coefficient (Wildman–Crippen LogP) is 3.03. The maximum Gasteiger partial charge on any atom is 0.109 e. The van der Waals surface area contributed by atoms with E-state index in [9.17, 15) is 0 Å². The zero-order chi connectivity index (χ0) is 13.8. The third-order valence-electron chi connectivity index (χ3n) is 4.03. The van der Waals surface area contributed by atoms with Crippen LogP contribution in [-0.2, 0) is 20.8 Å². The summed E-state index contributed by atoms with van der Waals surface area (Å²) >= 11 is 0. The smallest absolute Gasteiger partial charge is 0.109 e. The van der Waals surface area contributed by atoms with Crippen LogP contribution in [0.5, 0.6) is 0 Å². The molecule has 1 aromatic rings. The summed E-state index contributed by atoms with van der Waals surface area (Å²) in [6.07, 6.45) is 0.331. The van der Waals surface area contributed by atoms with E-state index in [-0.39, 0.29) is 24.4 Å². The molecule has 1 unspecified atom stereocenters. The summed E-state index contributed by atoms with van der Waals surface area (Å²) in [4.78, 5) is 0. The fourth-order valence-corrected chi connectivity index (χ4v) is 2.71. The fraction of sp³-hybridized carbons (Fsp3) is 0.625. The van der Waals surface area contributed by atoms with Gasteiger partial charge in [-0.1, -0.05) is 37.3 Å². The van der Waals surface area contributed by atoms with Crippen molar-refractivity contribution < 1.29 is 14.2 Å². The molecule has 0 amide bonds. The highest BCUT2D eigenvalue weighted by atomic mass is 16.6. The van der Waals surface area contributed by atoms with Crippen molar-refractivity contribution in [1.29, 1.82) is 0 Å². The van der Waals surface area contributed by atoms with Crippen molar-refractivity contribution in [2.45, 2.75) is 51.8 Å². The van der Waals surface area contributed by atoms with Crippen molar-refractivity contribution in [1.82, 2.24) is 0 Å². The Labute approximate surface area is 115 Å². The lowest BCUT2D eigenvalue weighted by Gasteiger charge is -2.43. The Hall–Kier alpha value is -0.900. The number of ether oxygens (including phenoxy) is 3. The van der Waals surface area contributed by atoms with E-state index in [2.05, 4.69) is 32.9 Å². The minimum absolute atomic E-state index is 0.00471. The molecule has 2 rings (SSSR count). The van der Waals surface area contributed by atoms with Crippen LogP contribution in [0.2, 0.25) is 0 Å². The fourth-order valence-electron chi connectivity index (χ4n) is 2.71. The Balaban J connectivity index is 2.02. The maximum absolute atomic E-state index is 6.12. The summed E-state index contributed by atoms with van der Waals surface area (Å²) < 4.78 is 17.6. The van der Waals surface area contributed by atoms with Crippen LogP contribution in [0.15, 0.2) is 30.3 Å². The number of methoxy groups -OCH3 is 1. The van der Waals surface area contributed by atoms with Crippen LogP contribution in [-0.4, -0.2) is 31.5 Å². The molecule has 1 saturated heterocycles. The Bertz CT molecular complexity index is 379. The van der Waals surface area contributed by atoms with Gasteiger partial charge in [0.1, 0.15) is 6.10 Å². The second kappa shape index (κ2) is 6.51. The average molecular weight is 264 g/mol. The highest BCUT2D eigenvalue weighted by molar-refractivity contribution is 5.13. The predicted molar refractivity (Wildman–Crippen MR) is 75.0 cm³/mol.